The molecule has 2 aromatic carbocycles. The molecule has 0 aliphatic carbocycles. The Balaban J connectivity index is 0.900. The summed E-state index contributed by atoms with van der Waals surface area (Å²) in [7, 11) is 0. The van der Waals surface area contributed by atoms with Crippen molar-refractivity contribution < 1.29 is 38.4 Å². The Morgan fingerprint density at radius 2 is 1.02 bits per heavy atom. The summed E-state index contributed by atoms with van der Waals surface area (Å²) >= 11 is 0. The molecule has 2 aromatic rings. The van der Waals surface area contributed by atoms with Crippen LogP contribution < -0.4 is 21.3 Å². The highest BCUT2D eigenvalue weighted by molar-refractivity contribution is 6.08. The number of unbranched alkanes of at least 4 members (excludes halogenated alkanes) is 4. The molecule has 4 N–H and O–H groups in total. The Morgan fingerprint density at radius 3 is 1.43 bits per heavy atom. The number of carbonyl (C=O) groups is 8. The maximum absolute atomic E-state index is 13.0. The lowest BCUT2D eigenvalue weighted by atomic mass is 10.0. The summed E-state index contributed by atoms with van der Waals surface area (Å²) in [5.41, 5.74) is 3.25. The number of hydrogen-bond donors (Lipinski definition) is 4. The molecule has 14 nitrogen and oxygen atoms in total. The number of rotatable bonds is 12. The molecule has 0 saturated carbocycles. The third-order valence-electron chi connectivity index (χ3n) is 9.52. The number of nitrogens with one attached hydrogen (secondary N) is 4. The molecular formula is C35H38N6O8. The number of nitrogens with zero attached hydrogens (tertiary/aromatic N) is 2. The van der Waals surface area contributed by atoms with Crippen LogP contribution in [0.25, 0.3) is 0 Å². The van der Waals surface area contributed by atoms with Crippen LogP contribution >= 0.6 is 0 Å². The minimum absolute atomic E-state index is 0.167. The van der Waals surface area contributed by atoms with E-state index in [1.54, 1.807) is 36.4 Å². The predicted molar refractivity (Wildman–Crippen MR) is 175 cm³/mol. The van der Waals surface area contributed by atoms with Gasteiger partial charge in [0.25, 0.3) is 11.8 Å². The third kappa shape index (κ3) is 7.22. The zero-order chi connectivity index (χ0) is 34.7. The van der Waals surface area contributed by atoms with Gasteiger partial charge in [-0.25, -0.2) is 0 Å². The van der Waals surface area contributed by atoms with Crippen LogP contribution in [-0.4, -0.2) is 69.1 Å². The van der Waals surface area contributed by atoms with Gasteiger partial charge < -0.3 is 20.4 Å². The summed E-state index contributed by atoms with van der Waals surface area (Å²) < 4.78 is 0. The molecule has 2 atom stereocenters. The fourth-order valence-electron chi connectivity index (χ4n) is 6.93. The number of piperidine rings is 2. The first-order valence-electron chi connectivity index (χ1n) is 16.7. The number of carbonyl (C=O) groups excluding carboxylic acids is 8. The summed E-state index contributed by atoms with van der Waals surface area (Å²) in [6, 6.07) is 8.74. The van der Waals surface area contributed by atoms with E-state index < -0.39 is 23.9 Å². The summed E-state index contributed by atoms with van der Waals surface area (Å²) in [5, 5.41) is 10.4. The molecule has 49 heavy (non-hydrogen) atoms. The summed E-state index contributed by atoms with van der Waals surface area (Å²) in [5.74, 6) is -2.62. The largest absolute Gasteiger partial charge is 0.326 e. The van der Waals surface area contributed by atoms with Crippen LogP contribution in [0.1, 0.15) is 102 Å². The van der Waals surface area contributed by atoms with Gasteiger partial charge in [0.2, 0.25) is 35.4 Å². The zero-order valence-corrected chi connectivity index (χ0v) is 27.0. The second-order valence-electron chi connectivity index (χ2n) is 12.8. The lowest BCUT2D eigenvalue weighted by molar-refractivity contribution is -0.138. The molecular weight excluding hydrogens is 632 g/mol. The first-order chi connectivity index (χ1) is 23.6. The van der Waals surface area contributed by atoms with E-state index in [1.807, 2.05) is 0 Å². The Kier molecular flexibility index (Phi) is 9.83. The molecule has 256 valence electrons. The number of anilines is 2. The van der Waals surface area contributed by atoms with E-state index in [2.05, 4.69) is 21.3 Å². The Morgan fingerprint density at radius 1 is 0.612 bits per heavy atom. The average molecular weight is 671 g/mol. The van der Waals surface area contributed by atoms with Gasteiger partial charge in [-0.2, -0.15) is 0 Å². The smallest absolute Gasteiger partial charge is 0.255 e. The fourth-order valence-corrected chi connectivity index (χ4v) is 6.93. The SMILES string of the molecule is O=C1CCC(N2Cc3c(NC(=O)CCCCCCCC(=O)Nc4cccc5c4CN(C4CCC(=O)NC4=O)C5=O)cccc3C2=O)C(=O)N1. The van der Waals surface area contributed by atoms with Crippen molar-refractivity contribution in [3.8, 4) is 0 Å². The molecule has 4 aliphatic heterocycles. The van der Waals surface area contributed by atoms with E-state index in [9.17, 15) is 38.4 Å². The van der Waals surface area contributed by atoms with Crippen LogP contribution in [0.4, 0.5) is 11.4 Å². The first-order valence-corrected chi connectivity index (χ1v) is 16.7. The number of imide groups is 2. The van der Waals surface area contributed by atoms with Gasteiger partial charge >= 0.3 is 0 Å². The van der Waals surface area contributed by atoms with Gasteiger partial charge in [-0.3, -0.25) is 49.0 Å². The van der Waals surface area contributed by atoms with Crippen LogP contribution in [0, 0.1) is 0 Å². The summed E-state index contributed by atoms with van der Waals surface area (Å²) in [4.78, 5) is 102. The standard InChI is InChI=1S/C35H38N6O8/c42-28(36-24-10-6-8-20-22(24)18-40(34(20)48)26-14-16-30(44)38-32(26)46)12-4-2-1-3-5-13-29(43)37-25-11-7-9-21-23(25)19-41(35(21)49)27-15-17-31(45)39-33(27)47/h6-11,26-27H,1-5,12-19H2,(H,36,42)(H,37,43)(H,38,44,46)(H,39,45,47). The van der Waals surface area contributed by atoms with Crippen LogP contribution in [-0.2, 0) is 41.9 Å². The summed E-state index contributed by atoms with van der Waals surface area (Å²) in [6.45, 7) is 0.353. The van der Waals surface area contributed by atoms with Crippen LogP contribution in [0.15, 0.2) is 36.4 Å². The lowest BCUT2D eigenvalue weighted by Gasteiger charge is -2.29. The van der Waals surface area contributed by atoms with Crippen molar-refractivity contribution in [2.45, 2.75) is 95.8 Å². The van der Waals surface area contributed by atoms with Gasteiger partial charge in [0.15, 0.2) is 0 Å². The van der Waals surface area contributed by atoms with Crippen LogP contribution in [0.2, 0.25) is 0 Å². The molecule has 4 aliphatic rings. The molecule has 0 spiro atoms. The van der Waals surface area contributed by atoms with Crippen molar-refractivity contribution in [1.82, 2.24) is 20.4 Å². The van der Waals surface area contributed by atoms with Gasteiger partial charge in [0, 0.05) is 72.4 Å². The molecule has 6 rings (SSSR count). The number of amides is 8. The molecule has 2 fully saturated rings. The highest BCUT2D eigenvalue weighted by atomic mass is 16.2. The summed E-state index contributed by atoms with van der Waals surface area (Å²) in [6.07, 6.45) is 5.20. The third-order valence-corrected chi connectivity index (χ3v) is 9.52. The topological polar surface area (TPSA) is 191 Å². The molecule has 2 unspecified atom stereocenters. The monoisotopic (exact) mass is 670 g/mol. The van der Waals surface area contributed by atoms with Crippen molar-refractivity contribution in [1.29, 1.82) is 0 Å². The molecule has 2 saturated heterocycles. The van der Waals surface area contributed by atoms with E-state index in [0.717, 1.165) is 19.3 Å². The van der Waals surface area contributed by atoms with E-state index in [0.29, 0.717) is 59.3 Å². The normalized spacial score (nSPS) is 20.2. The highest BCUT2D eigenvalue weighted by Crippen LogP contribution is 2.34. The molecule has 8 amide bonds. The Labute approximate surface area is 282 Å². The molecule has 0 bridgehead atoms. The second kappa shape index (κ2) is 14.4. The number of benzene rings is 2. The quantitative estimate of drug-likeness (QED) is 0.196. The highest BCUT2D eigenvalue weighted by Gasteiger charge is 2.41. The van der Waals surface area contributed by atoms with Crippen molar-refractivity contribution >= 4 is 58.6 Å². The van der Waals surface area contributed by atoms with Crippen molar-refractivity contribution in [2.24, 2.45) is 0 Å². The number of fused-ring (bicyclic) bond motifs is 2. The van der Waals surface area contributed by atoms with E-state index in [1.165, 1.54) is 9.80 Å². The minimum Gasteiger partial charge on any atom is -0.326 e. The van der Waals surface area contributed by atoms with E-state index in [-0.39, 0.29) is 74.2 Å². The Hall–Kier alpha value is -5.40. The van der Waals surface area contributed by atoms with Crippen LogP contribution in [0.3, 0.4) is 0 Å². The van der Waals surface area contributed by atoms with E-state index >= 15 is 0 Å². The minimum atomic E-state index is -0.727. The van der Waals surface area contributed by atoms with Crippen molar-refractivity contribution in [2.75, 3.05) is 10.6 Å². The van der Waals surface area contributed by atoms with Crippen molar-refractivity contribution in [3.05, 3.63) is 58.7 Å². The van der Waals surface area contributed by atoms with Gasteiger partial charge in [-0.05, 0) is 49.9 Å². The van der Waals surface area contributed by atoms with Crippen LogP contribution in [0.5, 0.6) is 0 Å². The maximum atomic E-state index is 13.0. The van der Waals surface area contributed by atoms with Gasteiger partial charge in [-0.1, -0.05) is 31.4 Å². The fraction of sp³-hybridized carbons (Fsp3) is 0.429. The molecule has 14 heteroatoms. The van der Waals surface area contributed by atoms with Crippen molar-refractivity contribution in [3.63, 3.8) is 0 Å². The molecule has 4 heterocycles. The average Bonchev–Trinajstić information content (AvgIpc) is 3.58. The predicted octanol–water partition coefficient (Wildman–Crippen LogP) is 2.52. The van der Waals surface area contributed by atoms with Gasteiger partial charge in [0.1, 0.15) is 12.1 Å². The first kappa shape index (κ1) is 33.5. The van der Waals surface area contributed by atoms with E-state index in [4.69, 9.17) is 0 Å². The van der Waals surface area contributed by atoms with Gasteiger partial charge in [-0.15, -0.1) is 0 Å². The Bertz CT molecular complexity index is 1630. The maximum Gasteiger partial charge on any atom is 0.255 e. The zero-order valence-electron chi connectivity index (χ0n) is 27.0. The molecule has 0 aromatic heterocycles. The second-order valence-corrected chi connectivity index (χ2v) is 12.8. The number of hydrogen-bond acceptors (Lipinski definition) is 8. The lowest BCUT2D eigenvalue weighted by Crippen LogP contribution is -2.52. The van der Waals surface area contributed by atoms with Gasteiger partial charge in [0.05, 0.1) is 0 Å². The molecule has 0 radical (unpaired) electrons.